The highest BCUT2D eigenvalue weighted by Gasteiger charge is 2.16. The second-order valence-electron chi connectivity index (χ2n) is 5.88. The van der Waals surface area contributed by atoms with Gasteiger partial charge in [-0.25, -0.2) is 4.39 Å². The number of hydrogen-bond donors (Lipinski definition) is 2. The van der Waals surface area contributed by atoms with Crippen LogP contribution in [0.1, 0.15) is 16.0 Å². The molecule has 0 saturated carbocycles. The van der Waals surface area contributed by atoms with E-state index >= 15 is 0 Å². The Bertz CT molecular complexity index is 704. The fourth-order valence-corrected chi connectivity index (χ4v) is 3.77. The van der Waals surface area contributed by atoms with Crippen molar-refractivity contribution in [2.75, 3.05) is 26.7 Å². The van der Waals surface area contributed by atoms with Gasteiger partial charge in [-0.05, 0) is 41.1 Å². The number of nitrogens with zero attached hydrogens (tertiary/aromatic N) is 2. The van der Waals surface area contributed by atoms with E-state index in [0.29, 0.717) is 6.54 Å². The van der Waals surface area contributed by atoms with Gasteiger partial charge in [-0.3, -0.25) is 9.89 Å². The van der Waals surface area contributed by atoms with E-state index in [1.54, 1.807) is 13.1 Å². The van der Waals surface area contributed by atoms with Crippen molar-refractivity contribution in [3.05, 3.63) is 57.5 Å². The average molecular weight is 474 g/mol. The van der Waals surface area contributed by atoms with Gasteiger partial charge in [0.25, 0.3) is 0 Å². The number of guanidine groups is 1. The molecular weight excluding hydrogens is 450 g/mol. The van der Waals surface area contributed by atoms with E-state index in [4.69, 9.17) is 0 Å². The van der Waals surface area contributed by atoms with Crippen molar-refractivity contribution in [3.63, 3.8) is 0 Å². The molecule has 136 valence electrons. The van der Waals surface area contributed by atoms with Crippen molar-refractivity contribution < 1.29 is 4.39 Å². The van der Waals surface area contributed by atoms with Crippen LogP contribution in [0.25, 0.3) is 0 Å². The number of nitrogens with one attached hydrogen (secondary N) is 2. The fourth-order valence-electron chi connectivity index (χ4n) is 2.88. The fraction of sp³-hybridized carbons (Fsp3) is 0.389. The summed E-state index contributed by atoms with van der Waals surface area (Å²) in [5, 5.41) is 8.73. The molecule has 25 heavy (non-hydrogen) atoms. The van der Waals surface area contributed by atoms with Crippen LogP contribution in [0.4, 0.5) is 4.39 Å². The van der Waals surface area contributed by atoms with Gasteiger partial charge >= 0.3 is 0 Å². The molecule has 0 amide bonds. The molecule has 2 heterocycles. The third kappa shape index (κ3) is 5.93. The Morgan fingerprint density at radius 1 is 1.32 bits per heavy atom. The number of halogens is 2. The smallest absolute Gasteiger partial charge is 0.191 e. The molecular formula is C18H24FIN4S. The molecule has 0 radical (unpaired) electrons. The van der Waals surface area contributed by atoms with Gasteiger partial charge in [0.1, 0.15) is 5.82 Å². The molecule has 1 aromatic heterocycles. The van der Waals surface area contributed by atoms with Gasteiger partial charge in [-0.2, -0.15) is 0 Å². The molecule has 0 unspecified atom stereocenters. The molecule has 0 saturated heterocycles. The van der Waals surface area contributed by atoms with Gasteiger partial charge in [0.15, 0.2) is 5.96 Å². The van der Waals surface area contributed by atoms with Crippen LogP contribution in [0.3, 0.4) is 0 Å². The van der Waals surface area contributed by atoms with E-state index in [2.05, 4.69) is 32.0 Å². The lowest BCUT2D eigenvalue weighted by atomic mass is 10.1. The maximum Gasteiger partial charge on any atom is 0.191 e. The Morgan fingerprint density at radius 2 is 2.20 bits per heavy atom. The van der Waals surface area contributed by atoms with E-state index in [1.165, 1.54) is 22.6 Å². The number of thiophene rings is 1. The lowest BCUT2D eigenvalue weighted by molar-refractivity contribution is 0.260. The summed E-state index contributed by atoms with van der Waals surface area (Å²) >= 11 is 1.87. The van der Waals surface area contributed by atoms with Crippen molar-refractivity contribution in [3.8, 4) is 0 Å². The average Bonchev–Trinajstić information content (AvgIpc) is 3.05. The van der Waals surface area contributed by atoms with Gasteiger partial charge < -0.3 is 10.6 Å². The summed E-state index contributed by atoms with van der Waals surface area (Å²) in [6.07, 6.45) is 1.15. The second-order valence-corrected chi connectivity index (χ2v) is 6.88. The SMILES string of the molecule is CN=C(NCCN1CCc2sccc2C1)NCc1cccc(F)c1.I. The largest absolute Gasteiger partial charge is 0.355 e. The lowest BCUT2D eigenvalue weighted by Crippen LogP contribution is -2.42. The van der Waals surface area contributed by atoms with Gasteiger partial charge in [0.05, 0.1) is 0 Å². The van der Waals surface area contributed by atoms with Crippen molar-refractivity contribution in [2.45, 2.75) is 19.5 Å². The van der Waals surface area contributed by atoms with Crippen molar-refractivity contribution in [1.82, 2.24) is 15.5 Å². The summed E-state index contributed by atoms with van der Waals surface area (Å²) in [5.41, 5.74) is 2.37. The minimum Gasteiger partial charge on any atom is -0.355 e. The predicted octanol–water partition coefficient (Wildman–Crippen LogP) is 3.23. The highest BCUT2D eigenvalue weighted by molar-refractivity contribution is 14.0. The minimum absolute atomic E-state index is 0. The number of benzene rings is 1. The number of aliphatic imine (C=N–C) groups is 1. The first-order valence-corrected chi connectivity index (χ1v) is 9.09. The molecule has 1 aliphatic heterocycles. The van der Waals surface area contributed by atoms with Gasteiger partial charge in [0, 0.05) is 44.6 Å². The maximum atomic E-state index is 13.2. The summed E-state index contributed by atoms with van der Waals surface area (Å²) in [5.74, 6) is 0.530. The lowest BCUT2D eigenvalue weighted by Gasteiger charge is -2.27. The Kier molecular flexibility index (Phi) is 8.11. The molecule has 2 aromatic rings. The molecule has 3 rings (SSSR count). The van der Waals surface area contributed by atoms with E-state index in [-0.39, 0.29) is 29.8 Å². The van der Waals surface area contributed by atoms with Crippen molar-refractivity contribution in [1.29, 1.82) is 0 Å². The first-order chi connectivity index (χ1) is 11.7. The number of hydrogen-bond acceptors (Lipinski definition) is 3. The third-order valence-corrected chi connectivity index (χ3v) is 5.20. The van der Waals surface area contributed by atoms with Crippen LogP contribution in [0.2, 0.25) is 0 Å². The summed E-state index contributed by atoms with van der Waals surface area (Å²) in [6.45, 7) is 4.53. The molecule has 4 nitrogen and oxygen atoms in total. The summed E-state index contributed by atoms with van der Waals surface area (Å²) in [4.78, 5) is 8.21. The van der Waals surface area contributed by atoms with Crippen LogP contribution >= 0.6 is 35.3 Å². The van der Waals surface area contributed by atoms with Crippen LogP contribution in [0, 0.1) is 5.82 Å². The summed E-state index contributed by atoms with van der Waals surface area (Å²) in [6, 6.07) is 8.84. The van der Waals surface area contributed by atoms with Gasteiger partial charge in [0.2, 0.25) is 0 Å². The normalized spacial score (nSPS) is 14.6. The monoisotopic (exact) mass is 474 g/mol. The van der Waals surface area contributed by atoms with E-state index < -0.39 is 0 Å². The zero-order chi connectivity index (χ0) is 16.8. The van der Waals surface area contributed by atoms with Crippen LogP contribution in [-0.4, -0.2) is 37.5 Å². The van der Waals surface area contributed by atoms with E-state index in [0.717, 1.165) is 44.1 Å². The Labute approximate surface area is 169 Å². The number of fused-ring (bicyclic) bond motifs is 1. The van der Waals surface area contributed by atoms with Crippen LogP contribution in [0.15, 0.2) is 40.7 Å². The first kappa shape index (κ1) is 20.1. The minimum atomic E-state index is -0.213. The molecule has 2 N–H and O–H groups in total. The molecule has 0 atom stereocenters. The van der Waals surface area contributed by atoms with E-state index in [1.807, 2.05) is 17.4 Å². The van der Waals surface area contributed by atoms with E-state index in [9.17, 15) is 4.39 Å². The highest BCUT2D eigenvalue weighted by Crippen LogP contribution is 2.23. The van der Waals surface area contributed by atoms with Crippen LogP contribution < -0.4 is 10.6 Å². The Morgan fingerprint density at radius 3 is 3.00 bits per heavy atom. The predicted molar refractivity (Wildman–Crippen MR) is 113 cm³/mol. The molecule has 0 bridgehead atoms. The highest BCUT2D eigenvalue weighted by atomic mass is 127. The first-order valence-electron chi connectivity index (χ1n) is 8.21. The topological polar surface area (TPSA) is 39.7 Å². The molecule has 0 aliphatic carbocycles. The summed E-state index contributed by atoms with van der Waals surface area (Å²) < 4.78 is 13.2. The molecule has 7 heteroatoms. The third-order valence-electron chi connectivity index (χ3n) is 4.18. The summed E-state index contributed by atoms with van der Waals surface area (Å²) in [7, 11) is 1.75. The van der Waals surface area contributed by atoms with Crippen molar-refractivity contribution >= 4 is 41.3 Å². The molecule has 0 fully saturated rings. The zero-order valence-corrected chi connectivity index (χ0v) is 17.4. The molecule has 1 aromatic carbocycles. The quantitative estimate of drug-likeness (QED) is 0.397. The number of rotatable bonds is 5. The van der Waals surface area contributed by atoms with Crippen molar-refractivity contribution in [2.24, 2.45) is 4.99 Å². The Hall–Kier alpha value is -1.19. The van der Waals surface area contributed by atoms with Crippen LogP contribution in [-0.2, 0) is 19.5 Å². The Balaban J connectivity index is 0.00000225. The van der Waals surface area contributed by atoms with Gasteiger partial charge in [-0.1, -0.05) is 12.1 Å². The zero-order valence-electron chi connectivity index (χ0n) is 14.3. The molecule has 0 spiro atoms. The van der Waals surface area contributed by atoms with Crippen LogP contribution in [0.5, 0.6) is 0 Å². The standard InChI is InChI=1S/C18H23FN4S.HI/c1-20-18(22-12-14-3-2-4-16(19)11-14)21-7-9-23-8-5-17-15(13-23)6-10-24-17;/h2-4,6,10-11H,5,7-9,12-13H2,1H3,(H2,20,21,22);1H. The molecule has 1 aliphatic rings. The second kappa shape index (κ2) is 10.1. The maximum absolute atomic E-state index is 13.2. The van der Waals surface area contributed by atoms with Gasteiger partial charge in [-0.15, -0.1) is 35.3 Å².